The Balaban J connectivity index is 2.72. The van der Waals surface area contributed by atoms with Gasteiger partial charge in [-0.25, -0.2) is 0 Å². The molecule has 1 unspecified atom stereocenters. The fourth-order valence-corrected chi connectivity index (χ4v) is 2.00. The Labute approximate surface area is 68.5 Å². The van der Waals surface area contributed by atoms with Gasteiger partial charge in [-0.1, -0.05) is 26.8 Å². The normalized spacial score (nSPS) is 28.4. The van der Waals surface area contributed by atoms with Gasteiger partial charge in [0.2, 0.25) is 0 Å². The molecule has 0 aromatic heterocycles. The smallest absolute Gasteiger partial charge is 0.158 e. The van der Waals surface area contributed by atoms with E-state index in [4.69, 9.17) is 0 Å². The molecule has 0 bridgehead atoms. The Morgan fingerprint density at radius 3 is 2.64 bits per heavy atom. The van der Waals surface area contributed by atoms with Gasteiger partial charge in [0.1, 0.15) is 0 Å². The molecular weight excluding hydrogens is 136 g/mol. The summed E-state index contributed by atoms with van der Waals surface area (Å²) in [6.45, 7) is 7.87. The van der Waals surface area contributed by atoms with Crippen LogP contribution in [0.2, 0.25) is 0 Å². The molecule has 0 radical (unpaired) electrons. The van der Waals surface area contributed by atoms with Crippen LogP contribution in [-0.4, -0.2) is 5.78 Å². The zero-order valence-electron chi connectivity index (χ0n) is 7.39. The van der Waals surface area contributed by atoms with Crippen molar-refractivity contribution in [1.29, 1.82) is 0 Å². The highest BCUT2D eigenvalue weighted by Crippen LogP contribution is 2.42. The molecule has 0 aromatic rings. The molecular formula is C10H16O. The molecule has 1 rings (SSSR count). The summed E-state index contributed by atoms with van der Waals surface area (Å²) in [6, 6.07) is 0. The van der Waals surface area contributed by atoms with Crippen molar-refractivity contribution >= 4 is 5.78 Å². The summed E-state index contributed by atoms with van der Waals surface area (Å²) in [4.78, 5) is 11.3. The van der Waals surface area contributed by atoms with Crippen molar-refractivity contribution in [3.63, 3.8) is 0 Å². The van der Waals surface area contributed by atoms with Crippen LogP contribution in [-0.2, 0) is 4.79 Å². The zero-order chi connectivity index (χ0) is 8.48. The minimum atomic E-state index is 0.214. The lowest BCUT2D eigenvalue weighted by Gasteiger charge is -2.24. The molecule has 1 atom stereocenters. The standard InChI is InChI=1S/C10H16O/c1-4-9(11)8-6-5-7-10(8,2)3/h4,8H,1,5-7H2,2-3H3. The summed E-state index contributed by atoms with van der Waals surface area (Å²) < 4.78 is 0. The summed E-state index contributed by atoms with van der Waals surface area (Å²) >= 11 is 0. The molecule has 0 heterocycles. The summed E-state index contributed by atoms with van der Waals surface area (Å²) in [5.74, 6) is 0.465. The van der Waals surface area contributed by atoms with E-state index in [1.807, 2.05) is 0 Å². The van der Waals surface area contributed by atoms with Gasteiger partial charge in [-0.3, -0.25) is 4.79 Å². The molecule has 1 saturated carbocycles. The number of carbonyl (C=O) groups excluding carboxylic acids is 1. The molecule has 0 aromatic carbocycles. The zero-order valence-corrected chi connectivity index (χ0v) is 7.39. The fourth-order valence-electron chi connectivity index (χ4n) is 2.00. The second-order valence-corrected chi connectivity index (χ2v) is 4.04. The maximum Gasteiger partial charge on any atom is 0.158 e. The highest BCUT2D eigenvalue weighted by atomic mass is 16.1. The third-order valence-electron chi connectivity index (χ3n) is 2.80. The molecule has 62 valence electrons. The average Bonchev–Trinajstić information content (AvgIpc) is 2.28. The van der Waals surface area contributed by atoms with Crippen molar-refractivity contribution in [3.8, 4) is 0 Å². The van der Waals surface area contributed by atoms with Crippen LogP contribution in [0.4, 0.5) is 0 Å². The number of ketones is 1. The predicted molar refractivity (Wildman–Crippen MR) is 46.3 cm³/mol. The summed E-state index contributed by atoms with van der Waals surface area (Å²) in [7, 11) is 0. The molecule has 1 heteroatoms. The Kier molecular flexibility index (Phi) is 2.17. The van der Waals surface area contributed by atoms with E-state index in [2.05, 4.69) is 20.4 Å². The quantitative estimate of drug-likeness (QED) is 0.556. The van der Waals surface area contributed by atoms with Crippen LogP contribution in [0.15, 0.2) is 12.7 Å². The highest BCUT2D eigenvalue weighted by molar-refractivity contribution is 5.91. The molecule has 0 spiro atoms. The molecule has 1 fully saturated rings. The van der Waals surface area contributed by atoms with E-state index in [1.54, 1.807) is 0 Å². The minimum Gasteiger partial charge on any atom is -0.295 e. The van der Waals surface area contributed by atoms with E-state index < -0.39 is 0 Å². The highest BCUT2D eigenvalue weighted by Gasteiger charge is 2.37. The van der Waals surface area contributed by atoms with Crippen LogP contribution < -0.4 is 0 Å². The summed E-state index contributed by atoms with van der Waals surface area (Å²) in [5.41, 5.74) is 0.214. The molecule has 1 aliphatic carbocycles. The van der Waals surface area contributed by atoms with Gasteiger partial charge < -0.3 is 0 Å². The molecule has 0 aliphatic heterocycles. The van der Waals surface area contributed by atoms with Gasteiger partial charge >= 0.3 is 0 Å². The fraction of sp³-hybridized carbons (Fsp3) is 0.700. The first-order valence-electron chi connectivity index (χ1n) is 4.24. The molecule has 0 saturated heterocycles. The van der Waals surface area contributed by atoms with E-state index in [-0.39, 0.29) is 17.1 Å². The Morgan fingerprint density at radius 1 is 1.64 bits per heavy atom. The minimum absolute atomic E-state index is 0.214. The Bertz CT molecular complexity index is 179. The van der Waals surface area contributed by atoms with Crippen LogP contribution in [0, 0.1) is 11.3 Å². The lowest BCUT2D eigenvalue weighted by molar-refractivity contribution is -0.120. The van der Waals surface area contributed by atoms with Gasteiger partial charge in [0, 0.05) is 5.92 Å². The second-order valence-electron chi connectivity index (χ2n) is 4.04. The molecule has 0 amide bonds. The van der Waals surface area contributed by atoms with Gasteiger partial charge in [-0.2, -0.15) is 0 Å². The number of hydrogen-bond donors (Lipinski definition) is 0. The number of rotatable bonds is 2. The molecule has 0 N–H and O–H groups in total. The van der Waals surface area contributed by atoms with Gasteiger partial charge in [0.15, 0.2) is 5.78 Å². The van der Waals surface area contributed by atoms with Crippen LogP contribution in [0.1, 0.15) is 33.1 Å². The SMILES string of the molecule is C=CC(=O)C1CCCC1(C)C. The topological polar surface area (TPSA) is 17.1 Å². The number of allylic oxidation sites excluding steroid dienone is 1. The molecule has 1 aliphatic rings. The van der Waals surface area contributed by atoms with Crippen molar-refractivity contribution < 1.29 is 4.79 Å². The number of carbonyl (C=O) groups is 1. The number of hydrogen-bond acceptors (Lipinski definition) is 1. The Hall–Kier alpha value is -0.590. The molecule has 1 nitrogen and oxygen atoms in total. The van der Waals surface area contributed by atoms with Gasteiger partial charge in [-0.15, -0.1) is 0 Å². The van der Waals surface area contributed by atoms with Crippen LogP contribution in [0.25, 0.3) is 0 Å². The van der Waals surface area contributed by atoms with Crippen molar-refractivity contribution in [1.82, 2.24) is 0 Å². The second kappa shape index (κ2) is 2.80. The molecule has 11 heavy (non-hydrogen) atoms. The third-order valence-corrected chi connectivity index (χ3v) is 2.80. The van der Waals surface area contributed by atoms with Crippen LogP contribution >= 0.6 is 0 Å². The van der Waals surface area contributed by atoms with Crippen molar-refractivity contribution in [2.45, 2.75) is 33.1 Å². The van der Waals surface area contributed by atoms with Crippen molar-refractivity contribution in [2.75, 3.05) is 0 Å². The van der Waals surface area contributed by atoms with E-state index >= 15 is 0 Å². The van der Waals surface area contributed by atoms with Gasteiger partial charge in [0.25, 0.3) is 0 Å². The van der Waals surface area contributed by atoms with Crippen LogP contribution in [0.3, 0.4) is 0 Å². The lowest BCUT2D eigenvalue weighted by atomic mass is 9.79. The lowest BCUT2D eigenvalue weighted by Crippen LogP contribution is -2.24. The van der Waals surface area contributed by atoms with Crippen molar-refractivity contribution in [2.24, 2.45) is 11.3 Å². The first kappa shape index (κ1) is 8.51. The van der Waals surface area contributed by atoms with Crippen molar-refractivity contribution in [3.05, 3.63) is 12.7 Å². The average molecular weight is 152 g/mol. The van der Waals surface area contributed by atoms with E-state index in [1.165, 1.54) is 18.9 Å². The van der Waals surface area contributed by atoms with E-state index in [0.29, 0.717) is 0 Å². The van der Waals surface area contributed by atoms with E-state index in [0.717, 1.165) is 6.42 Å². The maximum atomic E-state index is 11.3. The predicted octanol–water partition coefficient (Wildman–Crippen LogP) is 2.57. The van der Waals surface area contributed by atoms with Gasteiger partial charge in [0.05, 0.1) is 0 Å². The first-order chi connectivity index (χ1) is 5.08. The van der Waals surface area contributed by atoms with Gasteiger partial charge in [-0.05, 0) is 24.3 Å². The van der Waals surface area contributed by atoms with E-state index in [9.17, 15) is 4.79 Å². The maximum absolute atomic E-state index is 11.3. The summed E-state index contributed by atoms with van der Waals surface area (Å²) in [6.07, 6.45) is 4.89. The largest absolute Gasteiger partial charge is 0.295 e. The Morgan fingerprint density at radius 2 is 2.27 bits per heavy atom. The summed E-state index contributed by atoms with van der Waals surface area (Å²) in [5, 5.41) is 0. The van der Waals surface area contributed by atoms with Crippen LogP contribution in [0.5, 0.6) is 0 Å². The third kappa shape index (κ3) is 1.52. The monoisotopic (exact) mass is 152 g/mol. The first-order valence-corrected chi connectivity index (χ1v) is 4.24.